The smallest absolute Gasteiger partial charge is 0.262 e. The number of aryl methyl sites for hydroxylation is 1. The summed E-state index contributed by atoms with van der Waals surface area (Å²) in [5.74, 6) is 0.809. The van der Waals surface area contributed by atoms with Gasteiger partial charge in [-0.2, -0.15) is 0 Å². The van der Waals surface area contributed by atoms with E-state index in [0.717, 1.165) is 12.0 Å². The van der Waals surface area contributed by atoms with Gasteiger partial charge in [0.25, 0.3) is 5.91 Å². The highest BCUT2D eigenvalue weighted by molar-refractivity contribution is 7.89. The van der Waals surface area contributed by atoms with E-state index < -0.39 is 10.0 Å². The van der Waals surface area contributed by atoms with Crippen molar-refractivity contribution < 1.29 is 22.4 Å². The van der Waals surface area contributed by atoms with Crippen LogP contribution in [0.5, 0.6) is 5.75 Å². The average molecular weight is 414 g/mol. The molecular weight excluding hydrogens is 392 g/mol. The largest absolute Gasteiger partial charge is 0.484 e. The van der Waals surface area contributed by atoms with Crippen LogP contribution in [0.1, 0.15) is 18.2 Å². The lowest BCUT2D eigenvalue weighted by molar-refractivity contribution is -0.118. The first-order valence-electron chi connectivity index (χ1n) is 9.10. The number of sulfonamides is 1. The number of furan rings is 1. The predicted molar refractivity (Wildman–Crippen MR) is 109 cm³/mol. The van der Waals surface area contributed by atoms with Crippen molar-refractivity contribution in [3.8, 4) is 5.75 Å². The Morgan fingerprint density at radius 2 is 1.86 bits per heavy atom. The lowest BCUT2D eigenvalue weighted by Crippen LogP contribution is -2.23. The van der Waals surface area contributed by atoms with E-state index >= 15 is 0 Å². The summed E-state index contributed by atoms with van der Waals surface area (Å²) in [7, 11) is -3.68. The molecule has 1 heterocycles. The van der Waals surface area contributed by atoms with Crippen molar-refractivity contribution in [2.45, 2.75) is 24.8 Å². The van der Waals surface area contributed by atoms with Gasteiger partial charge in [0.2, 0.25) is 10.0 Å². The predicted octanol–water partition coefficient (Wildman–Crippen LogP) is 3.34. The molecule has 2 N–H and O–H groups in total. The Hall–Kier alpha value is -3.10. The lowest BCUT2D eigenvalue weighted by Gasteiger charge is -2.09. The maximum atomic E-state index is 12.3. The minimum Gasteiger partial charge on any atom is -0.484 e. The summed E-state index contributed by atoms with van der Waals surface area (Å²) in [5.41, 5.74) is 1.60. The molecule has 3 rings (SSSR count). The van der Waals surface area contributed by atoms with E-state index in [1.165, 1.54) is 30.5 Å². The first-order valence-corrected chi connectivity index (χ1v) is 10.6. The minimum absolute atomic E-state index is 0.0599. The summed E-state index contributed by atoms with van der Waals surface area (Å²) in [6.07, 6.45) is 2.36. The highest BCUT2D eigenvalue weighted by atomic mass is 32.2. The van der Waals surface area contributed by atoms with Gasteiger partial charge < -0.3 is 14.5 Å². The van der Waals surface area contributed by atoms with E-state index in [0.29, 0.717) is 17.2 Å². The number of anilines is 1. The summed E-state index contributed by atoms with van der Waals surface area (Å²) < 4.78 is 37.7. The van der Waals surface area contributed by atoms with Gasteiger partial charge >= 0.3 is 0 Å². The molecule has 0 unspecified atom stereocenters. The zero-order chi connectivity index (χ0) is 20.7. The van der Waals surface area contributed by atoms with Gasteiger partial charge in [0.1, 0.15) is 11.5 Å². The fraction of sp³-hybridized carbons (Fsp3) is 0.190. The summed E-state index contributed by atoms with van der Waals surface area (Å²) in [4.78, 5) is 12.2. The van der Waals surface area contributed by atoms with Crippen LogP contribution in [0.15, 0.2) is 76.2 Å². The first-order chi connectivity index (χ1) is 14.0. The van der Waals surface area contributed by atoms with E-state index in [-0.39, 0.29) is 24.0 Å². The van der Waals surface area contributed by atoms with Gasteiger partial charge in [-0.3, -0.25) is 4.79 Å². The fourth-order valence-corrected chi connectivity index (χ4v) is 3.57. The van der Waals surface area contributed by atoms with E-state index in [1.807, 2.05) is 25.1 Å². The third kappa shape index (κ3) is 5.94. The summed E-state index contributed by atoms with van der Waals surface area (Å²) in [6.45, 7) is 1.96. The van der Waals surface area contributed by atoms with Crippen LogP contribution in [-0.2, 0) is 27.8 Å². The third-order valence-electron chi connectivity index (χ3n) is 4.14. The highest BCUT2D eigenvalue weighted by Gasteiger charge is 2.14. The maximum Gasteiger partial charge on any atom is 0.262 e. The van der Waals surface area contributed by atoms with E-state index in [2.05, 4.69) is 10.0 Å². The number of rotatable bonds is 9. The quantitative estimate of drug-likeness (QED) is 0.560. The molecule has 0 saturated heterocycles. The molecule has 0 bridgehead atoms. The second-order valence-electron chi connectivity index (χ2n) is 6.27. The molecule has 7 nitrogen and oxygen atoms in total. The molecule has 0 aliphatic carbocycles. The van der Waals surface area contributed by atoms with Crippen molar-refractivity contribution in [1.82, 2.24) is 4.72 Å². The zero-order valence-electron chi connectivity index (χ0n) is 15.9. The van der Waals surface area contributed by atoms with Gasteiger partial charge in [-0.15, -0.1) is 0 Å². The average Bonchev–Trinajstić information content (AvgIpc) is 3.25. The Morgan fingerprint density at radius 1 is 1.07 bits per heavy atom. The maximum absolute atomic E-state index is 12.3. The SMILES string of the molecule is CCc1cccc(OCC(=O)Nc2ccc(S(=O)(=O)NCc3ccco3)cc2)c1. The Balaban J connectivity index is 1.53. The van der Waals surface area contributed by atoms with Crippen molar-refractivity contribution in [3.63, 3.8) is 0 Å². The Morgan fingerprint density at radius 3 is 2.55 bits per heavy atom. The molecule has 0 radical (unpaired) electrons. The number of benzene rings is 2. The van der Waals surface area contributed by atoms with Crippen LogP contribution in [0.3, 0.4) is 0 Å². The normalized spacial score (nSPS) is 11.2. The second-order valence-corrected chi connectivity index (χ2v) is 8.03. The number of nitrogens with one attached hydrogen (secondary N) is 2. The molecule has 2 aromatic carbocycles. The number of ether oxygens (including phenoxy) is 1. The van der Waals surface area contributed by atoms with Gasteiger partial charge in [0.15, 0.2) is 6.61 Å². The number of hydrogen-bond acceptors (Lipinski definition) is 5. The summed E-state index contributed by atoms with van der Waals surface area (Å²) >= 11 is 0. The van der Waals surface area contributed by atoms with Crippen LogP contribution in [-0.4, -0.2) is 20.9 Å². The van der Waals surface area contributed by atoms with Gasteiger partial charge in [0, 0.05) is 5.69 Å². The van der Waals surface area contributed by atoms with Crippen LogP contribution >= 0.6 is 0 Å². The van der Waals surface area contributed by atoms with Crippen molar-refractivity contribution in [1.29, 1.82) is 0 Å². The van der Waals surface area contributed by atoms with Crippen LogP contribution in [0, 0.1) is 0 Å². The van der Waals surface area contributed by atoms with Crippen molar-refractivity contribution in [3.05, 3.63) is 78.3 Å². The van der Waals surface area contributed by atoms with Crippen molar-refractivity contribution in [2.24, 2.45) is 0 Å². The third-order valence-corrected chi connectivity index (χ3v) is 5.56. The van der Waals surface area contributed by atoms with Crippen molar-refractivity contribution in [2.75, 3.05) is 11.9 Å². The van der Waals surface area contributed by atoms with Gasteiger partial charge in [-0.05, 0) is 60.5 Å². The molecular formula is C21H22N2O5S. The lowest BCUT2D eigenvalue weighted by atomic mass is 10.2. The van der Waals surface area contributed by atoms with Crippen LogP contribution in [0.2, 0.25) is 0 Å². The molecule has 1 aromatic heterocycles. The molecule has 0 saturated carbocycles. The topological polar surface area (TPSA) is 97.6 Å². The fourth-order valence-electron chi connectivity index (χ4n) is 2.58. The van der Waals surface area contributed by atoms with Crippen LogP contribution in [0.25, 0.3) is 0 Å². The molecule has 152 valence electrons. The molecule has 29 heavy (non-hydrogen) atoms. The van der Waals surface area contributed by atoms with Crippen molar-refractivity contribution >= 4 is 21.6 Å². The molecule has 1 amide bonds. The Labute approximate surface area is 169 Å². The molecule has 0 aliphatic rings. The number of carbonyl (C=O) groups is 1. The summed E-state index contributed by atoms with van der Waals surface area (Å²) in [5, 5.41) is 2.68. The number of hydrogen-bond donors (Lipinski definition) is 2. The Kier molecular flexibility index (Phi) is 6.69. The van der Waals surface area contributed by atoms with Gasteiger partial charge in [-0.25, -0.2) is 13.1 Å². The van der Waals surface area contributed by atoms with Gasteiger partial charge in [0.05, 0.1) is 17.7 Å². The number of carbonyl (C=O) groups excluding carboxylic acids is 1. The summed E-state index contributed by atoms with van der Waals surface area (Å²) in [6, 6.07) is 16.8. The molecule has 0 aliphatic heterocycles. The van der Waals surface area contributed by atoms with Crippen LogP contribution in [0.4, 0.5) is 5.69 Å². The second kappa shape index (κ2) is 9.40. The van der Waals surface area contributed by atoms with E-state index in [4.69, 9.17) is 9.15 Å². The first kappa shape index (κ1) is 20.6. The van der Waals surface area contributed by atoms with Crippen LogP contribution < -0.4 is 14.8 Å². The number of amides is 1. The molecule has 0 spiro atoms. The van der Waals surface area contributed by atoms with E-state index in [1.54, 1.807) is 18.2 Å². The monoisotopic (exact) mass is 414 g/mol. The Bertz CT molecular complexity index is 1040. The minimum atomic E-state index is -3.68. The molecule has 3 aromatic rings. The highest BCUT2D eigenvalue weighted by Crippen LogP contribution is 2.16. The zero-order valence-corrected chi connectivity index (χ0v) is 16.7. The molecule has 0 atom stereocenters. The van der Waals surface area contributed by atoms with E-state index in [9.17, 15) is 13.2 Å². The molecule has 8 heteroatoms. The standard InChI is InChI=1S/C21H22N2O5S/c1-2-16-5-3-6-18(13-16)28-15-21(24)23-17-8-10-20(11-9-17)29(25,26)22-14-19-7-4-12-27-19/h3-13,22H,2,14-15H2,1H3,(H,23,24). The van der Waals surface area contributed by atoms with Gasteiger partial charge in [-0.1, -0.05) is 19.1 Å². The molecule has 0 fully saturated rings.